The number of rotatable bonds is 3. The van der Waals surface area contributed by atoms with Gasteiger partial charge in [-0.15, -0.1) is 0 Å². The molecule has 0 unspecified atom stereocenters. The lowest BCUT2D eigenvalue weighted by Crippen LogP contribution is -2.07. The summed E-state index contributed by atoms with van der Waals surface area (Å²) in [6, 6.07) is 5.46. The molecule has 0 aliphatic carbocycles. The van der Waals surface area contributed by atoms with Gasteiger partial charge in [0, 0.05) is 14.1 Å². The van der Waals surface area contributed by atoms with E-state index in [1.807, 2.05) is 20.2 Å². The van der Waals surface area contributed by atoms with Crippen molar-refractivity contribution in [2.45, 2.75) is 6.42 Å². The molecular weight excluding hydrogens is 245 g/mol. The zero-order valence-corrected chi connectivity index (χ0v) is 10.5. The van der Waals surface area contributed by atoms with Crippen molar-refractivity contribution in [1.29, 1.82) is 5.26 Å². The molecule has 1 aromatic rings. The molecule has 0 atom stereocenters. The molecule has 16 heavy (non-hydrogen) atoms. The molecule has 0 aliphatic rings. The van der Waals surface area contributed by atoms with Crippen LogP contribution in [0.4, 0.5) is 5.69 Å². The molecule has 0 bridgehead atoms. The molecule has 1 aromatic carbocycles. The molecule has 0 spiro atoms. The average molecular weight is 256 g/mol. The van der Waals surface area contributed by atoms with Gasteiger partial charge in [0.2, 0.25) is 0 Å². The Labute approximate surface area is 105 Å². The summed E-state index contributed by atoms with van der Waals surface area (Å²) in [5, 5.41) is 9.48. The third-order valence-corrected chi connectivity index (χ3v) is 2.35. The molecule has 0 aliphatic heterocycles. The summed E-state index contributed by atoms with van der Waals surface area (Å²) in [5.41, 5.74) is 1.32. The summed E-state index contributed by atoms with van der Waals surface area (Å²) in [4.78, 5) is 5.95. The SMILES string of the molecule is CN(C)C=Nc1c(Cl)cc(CC#N)cc1Cl. The van der Waals surface area contributed by atoms with Crippen molar-refractivity contribution in [3.8, 4) is 6.07 Å². The zero-order valence-electron chi connectivity index (χ0n) is 9.04. The largest absolute Gasteiger partial charge is 0.369 e. The van der Waals surface area contributed by atoms with E-state index < -0.39 is 0 Å². The zero-order chi connectivity index (χ0) is 12.1. The molecule has 3 nitrogen and oxygen atoms in total. The highest BCUT2D eigenvalue weighted by molar-refractivity contribution is 6.38. The first-order chi connectivity index (χ1) is 7.54. The van der Waals surface area contributed by atoms with Gasteiger partial charge in [0.15, 0.2) is 0 Å². The number of halogens is 2. The lowest BCUT2D eigenvalue weighted by atomic mass is 10.1. The molecule has 0 amide bonds. The Balaban J connectivity index is 3.08. The van der Waals surface area contributed by atoms with Crippen LogP contribution < -0.4 is 0 Å². The maximum atomic E-state index is 8.57. The van der Waals surface area contributed by atoms with Crippen molar-refractivity contribution in [1.82, 2.24) is 4.90 Å². The fraction of sp³-hybridized carbons (Fsp3) is 0.273. The van der Waals surface area contributed by atoms with Gasteiger partial charge >= 0.3 is 0 Å². The smallest absolute Gasteiger partial charge is 0.102 e. The highest BCUT2D eigenvalue weighted by atomic mass is 35.5. The summed E-state index contributed by atoms with van der Waals surface area (Å²) in [5.74, 6) is 0. The van der Waals surface area contributed by atoms with Crippen LogP contribution >= 0.6 is 23.2 Å². The van der Waals surface area contributed by atoms with E-state index >= 15 is 0 Å². The minimum absolute atomic E-state index is 0.289. The van der Waals surface area contributed by atoms with Crippen molar-refractivity contribution in [3.05, 3.63) is 27.7 Å². The standard InChI is InChI=1S/C11H11Cl2N3/c1-16(2)7-15-11-9(12)5-8(3-4-14)6-10(11)13/h5-7H,3H2,1-2H3. The quantitative estimate of drug-likeness (QED) is 0.615. The van der Waals surface area contributed by atoms with Crippen molar-refractivity contribution >= 4 is 35.2 Å². The second kappa shape index (κ2) is 5.74. The fourth-order valence-electron chi connectivity index (χ4n) is 1.11. The minimum atomic E-state index is 0.289. The van der Waals surface area contributed by atoms with E-state index in [1.165, 1.54) is 0 Å². The van der Waals surface area contributed by atoms with Gasteiger partial charge < -0.3 is 4.90 Å². The van der Waals surface area contributed by atoms with Crippen LogP contribution in [0, 0.1) is 11.3 Å². The molecule has 0 radical (unpaired) electrons. The van der Waals surface area contributed by atoms with Crippen LogP contribution in [0.1, 0.15) is 5.56 Å². The van der Waals surface area contributed by atoms with Crippen LogP contribution in [0.5, 0.6) is 0 Å². The molecule has 0 heterocycles. The van der Waals surface area contributed by atoms with Gasteiger partial charge in [-0.1, -0.05) is 23.2 Å². The van der Waals surface area contributed by atoms with Crippen LogP contribution in [-0.4, -0.2) is 25.3 Å². The van der Waals surface area contributed by atoms with E-state index in [1.54, 1.807) is 23.4 Å². The molecule has 0 saturated heterocycles. The second-order valence-electron chi connectivity index (χ2n) is 3.45. The van der Waals surface area contributed by atoms with Gasteiger partial charge in [0.1, 0.15) is 5.69 Å². The van der Waals surface area contributed by atoms with E-state index in [-0.39, 0.29) is 6.42 Å². The van der Waals surface area contributed by atoms with Crippen molar-refractivity contribution in [3.63, 3.8) is 0 Å². The molecule has 0 saturated carbocycles. The maximum absolute atomic E-state index is 8.57. The number of nitriles is 1. The Hall–Kier alpha value is -1.24. The van der Waals surface area contributed by atoms with Crippen molar-refractivity contribution in [2.75, 3.05) is 14.1 Å². The van der Waals surface area contributed by atoms with Crippen molar-refractivity contribution < 1.29 is 0 Å². The third-order valence-electron chi connectivity index (χ3n) is 1.78. The number of aliphatic imine (C=N–C) groups is 1. The Morgan fingerprint density at radius 1 is 1.38 bits per heavy atom. The van der Waals surface area contributed by atoms with Crippen LogP contribution in [0.25, 0.3) is 0 Å². The second-order valence-corrected chi connectivity index (χ2v) is 4.27. The first-order valence-corrected chi connectivity index (χ1v) is 5.35. The van der Waals surface area contributed by atoms with E-state index in [2.05, 4.69) is 4.99 Å². The maximum Gasteiger partial charge on any atom is 0.102 e. The summed E-state index contributed by atoms with van der Waals surface area (Å²) in [6.45, 7) is 0. The third kappa shape index (κ3) is 3.41. The predicted octanol–water partition coefficient (Wildman–Crippen LogP) is 3.28. The topological polar surface area (TPSA) is 39.4 Å². The molecule has 0 aromatic heterocycles. The summed E-state index contributed by atoms with van der Waals surface area (Å²) in [6.07, 6.45) is 1.91. The summed E-state index contributed by atoms with van der Waals surface area (Å²) >= 11 is 12.1. The number of nitrogens with zero attached hydrogens (tertiary/aromatic N) is 3. The Morgan fingerprint density at radius 3 is 2.38 bits per heavy atom. The molecule has 0 N–H and O–H groups in total. The van der Waals surface area contributed by atoms with Crippen LogP contribution in [-0.2, 0) is 6.42 Å². The van der Waals surface area contributed by atoms with Crippen LogP contribution in [0.3, 0.4) is 0 Å². The molecular formula is C11H11Cl2N3. The first kappa shape index (κ1) is 12.8. The van der Waals surface area contributed by atoms with Crippen molar-refractivity contribution in [2.24, 2.45) is 4.99 Å². The van der Waals surface area contributed by atoms with Gasteiger partial charge in [-0.05, 0) is 17.7 Å². The molecule has 0 fully saturated rings. The summed E-state index contributed by atoms with van der Waals surface area (Å²) in [7, 11) is 3.71. The van der Waals surface area contributed by atoms with Gasteiger partial charge in [0.25, 0.3) is 0 Å². The van der Waals surface area contributed by atoms with E-state index in [9.17, 15) is 0 Å². The lowest BCUT2D eigenvalue weighted by Gasteiger charge is -2.06. The van der Waals surface area contributed by atoms with Gasteiger partial charge in [-0.2, -0.15) is 5.26 Å². The molecule has 84 valence electrons. The van der Waals surface area contributed by atoms with Crippen LogP contribution in [0.2, 0.25) is 10.0 Å². The van der Waals surface area contributed by atoms with Gasteiger partial charge in [-0.3, -0.25) is 0 Å². The van der Waals surface area contributed by atoms with Gasteiger partial charge in [-0.25, -0.2) is 4.99 Å². The minimum Gasteiger partial charge on any atom is -0.369 e. The first-order valence-electron chi connectivity index (χ1n) is 4.60. The van der Waals surface area contributed by atoms with Gasteiger partial charge in [0.05, 0.1) is 28.9 Å². The highest BCUT2D eigenvalue weighted by Crippen LogP contribution is 2.34. The monoisotopic (exact) mass is 255 g/mol. The van der Waals surface area contributed by atoms with E-state index in [0.717, 1.165) is 5.56 Å². The Bertz CT molecular complexity index is 424. The van der Waals surface area contributed by atoms with E-state index in [0.29, 0.717) is 15.7 Å². The average Bonchev–Trinajstić information content (AvgIpc) is 2.16. The molecule has 1 rings (SSSR count). The van der Waals surface area contributed by atoms with E-state index in [4.69, 9.17) is 28.5 Å². The number of hydrogen-bond acceptors (Lipinski definition) is 2. The normalized spacial score (nSPS) is 10.4. The lowest BCUT2D eigenvalue weighted by molar-refractivity contribution is 0.643. The Morgan fingerprint density at radius 2 is 1.94 bits per heavy atom. The molecule has 5 heteroatoms. The highest BCUT2D eigenvalue weighted by Gasteiger charge is 2.06. The summed E-state index contributed by atoms with van der Waals surface area (Å²) < 4.78 is 0. The fourth-order valence-corrected chi connectivity index (χ4v) is 1.74. The number of hydrogen-bond donors (Lipinski definition) is 0. The Kier molecular flexibility index (Phi) is 4.60. The predicted molar refractivity (Wildman–Crippen MR) is 67.6 cm³/mol. The van der Waals surface area contributed by atoms with Crippen LogP contribution in [0.15, 0.2) is 17.1 Å². The number of benzene rings is 1.